The monoisotopic (exact) mass is 192 g/mol. The van der Waals surface area contributed by atoms with Crippen LogP contribution in [0.3, 0.4) is 0 Å². The van der Waals surface area contributed by atoms with E-state index < -0.39 is 0 Å². The molecular formula is C11H16N2O. The fourth-order valence-corrected chi connectivity index (χ4v) is 1.12. The van der Waals surface area contributed by atoms with Crippen LogP contribution in [0, 0.1) is 0 Å². The standard InChI is InChI=1S/C11H16N2O/c1-11(2,3)9-4-6-10(7-5-9)14-8-13-12/h4-8H,12H2,1-3H3/b13-8+. The van der Waals surface area contributed by atoms with E-state index in [0.29, 0.717) is 0 Å². The van der Waals surface area contributed by atoms with Crippen molar-refractivity contribution < 1.29 is 4.74 Å². The lowest BCUT2D eigenvalue weighted by atomic mass is 9.87. The number of ether oxygens (including phenoxy) is 1. The molecule has 14 heavy (non-hydrogen) atoms. The van der Waals surface area contributed by atoms with Gasteiger partial charge >= 0.3 is 0 Å². The van der Waals surface area contributed by atoms with E-state index in [4.69, 9.17) is 10.6 Å². The van der Waals surface area contributed by atoms with Gasteiger partial charge in [-0.15, -0.1) is 0 Å². The number of rotatable bonds is 2. The molecular weight excluding hydrogens is 176 g/mol. The van der Waals surface area contributed by atoms with E-state index in [1.165, 1.54) is 12.0 Å². The average Bonchev–Trinajstić information content (AvgIpc) is 2.14. The maximum atomic E-state index is 5.11. The van der Waals surface area contributed by atoms with Gasteiger partial charge in [0.1, 0.15) is 5.75 Å². The lowest BCUT2D eigenvalue weighted by Gasteiger charge is -2.18. The summed E-state index contributed by atoms with van der Waals surface area (Å²) in [4.78, 5) is 0. The second-order valence-corrected chi connectivity index (χ2v) is 4.15. The third kappa shape index (κ3) is 2.76. The molecule has 0 spiro atoms. The Kier molecular flexibility index (Phi) is 3.12. The highest BCUT2D eigenvalue weighted by molar-refractivity contribution is 5.51. The molecule has 0 fully saturated rings. The van der Waals surface area contributed by atoms with Crippen molar-refractivity contribution in [3.05, 3.63) is 29.8 Å². The van der Waals surface area contributed by atoms with Crippen LogP contribution in [-0.4, -0.2) is 6.40 Å². The van der Waals surface area contributed by atoms with Gasteiger partial charge in [-0.25, -0.2) is 0 Å². The van der Waals surface area contributed by atoms with E-state index in [9.17, 15) is 0 Å². The van der Waals surface area contributed by atoms with Crippen LogP contribution in [0.2, 0.25) is 0 Å². The summed E-state index contributed by atoms with van der Waals surface area (Å²) in [6.07, 6.45) is 1.21. The van der Waals surface area contributed by atoms with Crippen LogP contribution in [0.1, 0.15) is 26.3 Å². The largest absolute Gasteiger partial charge is 0.444 e. The first kappa shape index (κ1) is 10.6. The van der Waals surface area contributed by atoms with Gasteiger partial charge in [-0.2, -0.15) is 5.10 Å². The molecule has 3 nitrogen and oxygen atoms in total. The summed E-state index contributed by atoms with van der Waals surface area (Å²) in [6, 6.07) is 7.89. The number of hydrogen-bond acceptors (Lipinski definition) is 3. The van der Waals surface area contributed by atoms with Crippen LogP contribution in [0.4, 0.5) is 0 Å². The summed E-state index contributed by atoms with van der Waals surface area (Å²) >= 11 is 0. The van der Waals surface area contributed by atoms with Gasteiger partial charge in [0.05, 0.1) is 0 Å². The number of nitrogens with two attached hydrogens (primary N) is 1. The lowest BCUT2D eigenvalue weighted by Crippen LogP contribution is -2.10. The average molecular weight is 192 g/mol. The van der Waals surface area contributed by atoms with Gasteiger partial charge in [-0.3, -0.25) is 0 Å². The molecule has 0 aliphatic rings. The molecule has 2 N–H and O–H groups in total. The minimum Gasteiger partial charge on any atom is -0.444 e. The van der Waals surface area contributed by atoms with E-state index >= 15 is 0 Å². The molecule has 1 aromatic rings. The van der Waals surface area contributed by atoms with Crippen molar-refractivity contribution in [1.82, 2.24) is 0 Å². The maximum absolute atomic E-state index is 5.11. The maximum Gasteiger partial charge on any atom is 0.198 e. The molecule has 0 saturated heterocycles. The predicted octanol–water partition coefficient (Wildman–Crippen LogP) is 2.26. The zero-order valence-electron chi connectivity index (χ0n) is 8.82. The highest BCUT2D eigenvalue weighted by atomic mass is 16.5. The van der Waals surface area contributed by atoms with Crippen molar-refractivity contribution in [1.29, 1.82) is 0 Å². The van der Waals surface area contributed by atoms with Crippen molar-refractivity contribution in [3.8, 4) is 5.75 Å². The van der Waals surface area contributed by atoms with E-state index in [0.717, 1.165) is 5.75 Å². The summed E-state index contributed by atoms with van der Waals surface area (Å²) in [7, 11) is 0. The van der Waals surface area contributed by atoms with Crippen LogP contribution in [0.15, 0.2) is 29.4 Å². The highest BCUT2D eigenvalue weighted by Gasteiger charge is 2.12. The van der Waals surface area contributed by atoms with Gasteiger partial charge < -0.3 is 10.6 Å². The van der Waals surface area contributed by atoms with Crippen LogP contribution < -0.4 is 10.6 Å². The Balaban J connectivity index is 2.79. The van der Waals surface area contributed by atoms with Gasteiger partial charge in [0.2, 0.25) is 0 Å². The molecule has 1 aromatic carbocycles. The fraction of sp³-hybridized carbons (Fsp3) is 0.364. The molecule has 0 saturated carbocycles. The molecule has 0 amide bonds. The summed E-state index contributed by atoms with van der Waals surface area (Å²) in [5.74, 6) is 5.66. The van der Waals surface area contributed by atoms with Gasteiger partial charge in [0.25, 0.3) is 0 Å². The zero-order chi connectivity index (χ0) is 10.6. The first-order valence-corrected chi connectivity index (χ1v) is 4.53. The molecule has 0 aromatic heterocycles. The summed E-state index contributed by atoms with van der Waals surface area (Å²) in [5.41, 5.74) is 1.44. The molecule has 0 heterocycles. The van der Waals surface area contributed by atoms with E-state index in [1.54, 1.807) is 0 Å². The number of hydrazone groups is 1. The van der Waals surface area contributed by atoms with E-state index in [-0.39, 0.29) is 5.41 Å². The first-order valence-electron chi connectivity index (χ1n) is 4.53. The predicted molar refractivity (Wildman–Crippen MR) is 58.4 cm³/mol. The molecule has 1 rings (SSSR count). The van der Waals surface area contributed by atoms with Crippen LogP contribution in [0.25, 0.3) is 0 Å². The Hall–Kier alpha value is -1.51. The zero-order valence-corrected chi connectivity index (χ0v) is 8.82. The van der Waals surface area contributed by atoms with E-state index in [1.807, 2.05) is 24.3 Å². The Morgan fingerprint density at radius 2 is 1.79 bits per heavy atom. The van der Waals surface area contributed by atoms with Gasteiger partial charge in [-0.05, 0) is 23.1 Å². The fourth-order valence-electron chi connectivity index (χ4n) is 1.12. The van der Waals surface area contributed by atoms with Crippen molar-refractivity contribution in [3.63, 3.8) is 0 Å². The minimum absolute atomic E-state index is 0.167. The Morgan fingerprint density at radius 1 is 1.21 bits per heavy atom. The number of benzene rings is 1. The van der Waals surface area contributed by atoms with Crippen LogP contribution in [-0.2, 0) is 5.41 Å². The van der Waals surface area contributed by atoms with Crippen molar-refractivity contribution >= 4 is 6.40 Å². The molecule has 0 radical (unpaired) electrons. The third-order valence-corrected chi connectivity index (χ3v) is 1.97. The SMILES string of the molecule is CC(C)(C)c1ccc(O/C=N/N)cc1. The molecule has 0 atom stereocenters. The molecule has 3 heteroatoms. The summed E-state index contributed by atoms with van der Waals surface area (Å²) in [5, 5.41) is 3.25. The van der Waals surface area contributed by atoms with Crippen molar-refractivity contribution in [2.24, 2.45) is 10.9 Å². The van der Waals surface area contributed by atoms with Crippen molar-refractivity contribution in [2.75, 3.05) is 0 Å². The second kappa shape index (κ2) is 4.13. The van der Waals surface area contributed by atoms with Gasteiger partial charge in [0, 0.05) is 0 Å². The molecule has 0 aliphatic heterocycles. The molecule has 0 unspecified atom stereocenters. The summed E-state index contributed by atoms with van der Waals surface area (Å²) in [6.45, 7) is 6.51. The second-order valence-electron chi connectivity index (χ2n) is 4.15. The molecule has 76 valence electrons. The van der Waals surface area contributed by atoms with Crippen LogP contribution >= 0.6 is 0 Å². The Labute approximate surface area is 84.6 Å². The molecule has 0 aliphatic carbocycles. The lowest BCUT2D eigenvalue weighted by molar-refractivity contribution is 0.564. The number of hydrogen-bond donors (Lipinski definition) is 1. The first-order chi connectivity index (χ1) is 6.54. The van der Waals surface area contributed by atoms with E-state index in [2.05, 4.69) is 25.9 Å². The Bertz CT molecular complexity index is 309. The summed E-state index contributed by atoms with van der Waals surface area (Å²) < 4.78 is 5.11. The normalized spacial score (nSPS) is 11.9. The number of nitrogens with zero attached hydrogens (tertiary/aromatic N) is 1. The van der Waals surface area contributed by atoms with Gasteiger partial charge in [0.15, 0.2) is 6.40 Å². The third-order valence-electron chi connectivity index (χ3n) is 1.97. The van der Waals surface area contributed by atoms with Gasteiger partial charge in [-0.1, -0.05) is 32.9 Å². The Morgan fingerprint density at radius 3 is 2.21 bits per heavy atom. The highest BCUT2D eigenvalue weighted by Crippen LogP contribution is 2.23. The molecule has 0 bridgehead atoms. The smallest absolute Gasteiger partial charge is 0.198 e. The van der Waals surface area contributed by atoms with Crippen LogP contribution in [0.5, 0.6) is 5.75 Å². The topological polar surface area (TPSA) is 47.6 Å². The van der Waals surface area contributed by atoms with Crippen molar-refractivity contribution in [2.45, 2.75) is 26.2 Å². The minimum atomic E-state index is 0.167. The quantitative estimate of drug-likeness (QED) is 0.338.